The molecule has 10 heteroatoms. The van der Waals surface area contributed by atoms with Gasteiger partial charge in [-0.1, -0.05) is 55.5 Å². The van der Waals surface area contributed by atoms with Crippen molar-refractivity contribution in [2.75, 3.05) is 25.0 Å². The summed E-state index contributed by atoms with van der Waals surface area (Å²) in [6.07, 6.45) is -0.804. The Balaban J connectivity index is 1.26. The Labute approximate surface area is 200 Å². The molecule has 2 amide bonds. The van der Waals surface area contributed by atoms with Gasteiger partial charge in [-0.3, -0.25) is 14.9 Å². The molecular formula is C25H24N4O6. The van der Waals surface area contributed by atoms with Crippen LogP contribution in [0.3, 0.4) is 0 Å². The first-order chi connectivity index (χ1) is 16.8. The highest BCUT2D eigenvalue weighted by Gasteiger charge is 2.48. The molecule has 5 rings (SSSR count). The number of nitrogens with zero attached hydrogens (tertiary/aromatic N) is 3. The molecule has 10 nitrogen and oxygen atoms in total. The van der Waals surface area contributed by atoms with E-state index in [0.29, 0.717) is 0 Å². The van der Waals surface area contributed by atoms with Crippen molar-refractivity contribution >= 4 is 23.8 Å². The van der Waals surface area contributed by atoms with Gasteiger partial charge in [0.25, 0.3) is 5.91 Å². The molecule has 2 aliphatic rings. The zero-order chi connectivity index (χ0) is 24.7. The molecule has 1 aliphatic carbocycles. The van der Waals surface area contributed by atoms with Gasteiger partial charge in [0.15, 0.2) is 0 Å². The van der Waals surface area contributed by atoms with Crippen molar-refractivity contribution in [3.05, 3.63) is 65.4 Å². The fraction of sp³-hybridized carbons (Fsp3) is 0.320. The molecular weight excluding hydrogens is 452 g/mol. The number of anilines is 1. The van der Waals surface area contributed by atoms with Crippen molar-refractivity contribution in [3.63, 3.8) is 0 Å². The van der Waals surface area contributed by atoms with E-state index in [0.717, 1.165) is 22.3 Å². The minimum Gasteiger partial charge on any atom is -0.481 e. The van der Waals surface area contributed by atoms with Crippen LogP contribution in [0, 0.1) is 11.3 Å². The molecule has 3 aromatic rings. The first kappa shape index (κ1) is 22.6. The SMILES string of the molecule is C[C@@H]1CN(C(=O)c2nonc2NC(=O)OCC2c3ccccc3-c3ccccc32)C[C@@]1(C)C(=O)O. The van der Waals surface area contributed by atoms with Gasteiger partial charge in [-0.2, -0.15) is 0 Å². The number of nitrogens with one attached hydrogen (secondary N) is 1. The van der Waals surface area contributed by atoms with Crippen molar-refractivity contribution in [2.45, 2.75) is 19.8 Å². The van der Waals surface area contributed by atoms with Gasteiger partial charge in [-0.15, -0.1) is 0 Å². The van der Waals surface area contributed by atoms with Crippen LogP contribution in [-0.4, -0.2) is 58.0 Å². The van der Waals surface area contributed by atoms with Gasteiger partial charge < -0.3 is 14.7 Å². The Hall–Kier alpha value is -4.21. The quantitative estimate of drug-likeness (QED) is 0.570. The number of carboxylic acid groups (broad SMARTS) is 1. The van der Waals surface area contributed by atoms with Crippen molar-refractivity contribution in [1.82, 2.24) is 15.2 Å². The summed E-state index contributed by atoms with van der Waals surface area (Å²) in [4.78, 5) is 38.6. The summed E-state index contributed by atoms with van der Waals surface area (Å²) < 4.78 is 10.2. The molecule has 180 valence electrons. The number of likely N-dealkylation sites (tertiary alicyclic amines) is 1. The number of aliphatic carboxylic acids is 1. The first-order valence-electron chi connectivity index (χ1n) is 11.3. The van der Waals surface area contributed by atoms with E-state index in [9.17, 15) is 19.5 Å². The Morgan fingerprint density at radius 1 is 1.11 bits per heavy atom. The number of fused-ring (bicyclic) bond motifs is 3. The molecule has 0 radical (unpaired) electrons. The minimum absolute atomic E-state index is 0.0135. The number of hydrogen-bond donors (Lipinski definition) is 2. The van der Waals surface area contributed by atoms with Gasteiger partial charge in [0.1, 0.15) is 6.61 Å². The third kappa shape index (κ3) is 3.80. The van der Waals surface area contributed by atoms with E-state index in [4.69, 9.17) is 9.37 Å². The molecule has 2 atom stereocenters. The molecule has 1 saturated heterocycles. The lowest BCUT2D eigenvalue weighted by Gasteiger charge is -2.22. The maximum Gasteiger partial charge on any atom is 0.412 e. The summed E-state index contributed by atoms with van der Waals surface area (Å²) in [7, 11) is 0. The monoisotopic (exact) mass is 476 g/mol. The molecule has 1 aromatic heterocycles. The van der Waals surface area contributed by atoms with Crippen LogP contribution in [0.4, 0.5) is 10.6 Å². The van der Waals surface area contributed by atoms with Crippen molar-refractivity contribution in [2.24, 2.45) is 11.3 Å². The number of benzene rings is 2. The molecule has 2 heterocycles. The van der Waals surface area contributed by atoms with E-state index >= 15 is 0 Å². The van der Waals surface area contributed by atoms with E-state index in [1.807, 2.05) is 48.5 Å². The lowest BCUT2D eigenvalue weighted by Crippen LogP contribution is -2.36. The number of rotatable bonds is 5. The fourth-order valence-electron chi connectivity index (χ4n) is 4.87. The maximum atomic E-state index is 13.0. The molecule has 2 N–H and O–H groups in total. The van der Waals surface area contributed by atoms with Gasteiger partial charge in [0, 0.05) is 19.0 Å². The summed E-state index contributed by atoms with van der Waals surface area (Å²) >= 11 is 0. The van der Waals surface area contributed by atoms with Crippen molar-refractivity contribution in [3.8, 4) is 11.1 Å². The van der Waals surface area contributed by atoms with Gasteiger partial charge in [-0.25, -0.2) is 9.42 Å². The summed E-state index contributed by atoms with van der Waals surface area (Å²) in [5.74, 6) is -2.11. The highest BCUT2D eigenvalue weighted by Crippen LogP contribution is 2.44. The third-order valence-corrected chi connectivity index (χ3v) is 7.13. The number of amides is 2. The van der Waals surface area contributed by atoms with Crippen LogP contribution in [0.15, 0.2) is 53.2 Å². The number of carboxylic acids is 1. The van der Waals surface area contributed by atoms with Crippen LogP contribution in [0.1, 0.15) is 41.4 Å². The van der Waals surface area contributed by atoms with Gasteiger partial charge in [0.05, 0.1) is 5.41 Å². The van der Waals surface area contributed by atoms with Crippen LogP contribution in [0.5, 0.6) is 0 Å². The maximum absolute atomic E-state index is 13.0. The molecule has 1 aliphatic heterocycles. The molecule has 1 fully saturated rings. The Bertz CT molecular complexity index is 1280. The predicted molar refractivity (Wildman–Crippen MR) is 124 cm³/mol. The molecule has 0 unspecified atom stereocenters. The van der Waals surface area contributed by atoms with E-state index in [1.165, 1.54) is 4.90 Å². The second-order valence-electron chi connectivity index (χ2n) is 9.22. The molecule has 0 bridgehead atoms. The zero-order valence-corrected chi connectivity index (χ0v) is 19.2. The number of aromatic nitrogens is 2. The summed E-state index contributed by atoms with van der Waals surface area (Å²) in [5.41, 5.74) is 3.08. The number of carbonyl (C=O) groups is 3. The topological polar surface area (TPSA) is 135 Å². The Morgan fingerprint density at radius 2 is 1.74 bits per heavy atom. The molecule has 0 spiro atoms. The summed E-state index contributed by atoms with van der Waals surface area (Å²) in [5, 5.41) is 19.3. The van der Waals surface area contributed by atoms with E-state index in [2.05, 4.69) is 15.6 Å². The fourth-order valence-corrected chi connectivity index (χ4v) is 4.87. The van der Waals surface area contributed by atoms with E-state index in [-0.39, 0.29) is 43.0 Å². The highest BCUT2D eigenvalue weighted by atomic mass is 16.6. The van der Waals surface area contributed by atoms with Crippen molar-refractivity contribution in [1.29, 1.82) is 0 Å². The summed E-state index contributed by atoms with van der Waals surface area (Å²) in [6, 6.07) is 16.0. The van der Waals surface area contributed by atoms with Crippen LogP contribution in [-0.2, 0) is 9.53 Å². The standard InChI is InChI=1S/C25H24N4O6/c1-14-11-29(13-25(14,2)23(31)32)22(30)20-21(28-35-27-20)26-24(33)34-12-19-17-9-5-3-7-15(17)16-8-4-6-10-18(16)19/h3-10,14,19H,11-13H2,1-2H3,(H,31,32)(H,26,28,33)/t14-,25-/m1/s1. The average Bonchev–Trinajstić information content (AvgIpc) is 3.52. The normalized spacial score (nSPS) is 20.9. The number of hydrogen-bond acceptors (Lipinski definition) is 7. The summed E-state index contributed by atoms with van der Waals surface area (Å²) in [6.45, 7) is 3.72. The zero-order valence-electron chi connectivity index (χ0n) is 19.2. The van der Waals surface area contributed by atoms with Crippen LogP contribution in [0.2, 0.25) is 0 Å². The lowest BCUT2D eigenvalue weighted by molar-refractivity contribution is -0.148. The van der Waals surface area contributed by atoms with Crippen molar-refractivity contribution < 1.29 is 28.9 Å². The van der Waals surface area contributed by atoms with E-state index in [1.54, 1.807) is 13.8 Å². The Morgan fingerprint density at radius 3 is 2.34 bits per heavy atom. The predicted octanol–water partition coefficient (Wildman–Crippen LogP) is 3.61. The van der Waals surface area contributed by atoms with Gasteiger partial charge in [-0.05, 0) is 45.4 Å². The average molecular weight is 476 g/mol. The third-order valence-electron chi connectivity index (χ3n) is 7.13. The molecule has 2 aromatic carbocycles. The Kier molecular flexibility index (Phi) is 5.50. The van der Waals surface area contributed by atoms with Crippen LogP contribution < -0.4 is 5.32 Å². The first-order valence-corrected chi connectivity index (χ1v) is 11.3. The second-order valence-corrected chi connectivity index (χ2v) is 9.22. The molecule has 35 heavy (non-hydrogen) atoms. The smallest absolute Gasteiger partial charge is 0.412 e. The molecule has 0 saturated carbocycles. The van der Waals surface area contributed by atoms with Crippen LogP contribution in [0.25, 0.3) is 11.1 Å². The van der Waals surface area contributed by atoms with Crippen LogP contribution >= 0.6 is 0 Å². The lowest BCUT2D eigenvalue weighted by atomic mass is 9.81. The van der Waals surface area contributed by atoms with Gasteiger partial charge >= 0.3 is 12.1 Å². The second kappa shape index (κ2) is 8.53. The minimum atomic E-state index is -1.08. The number of ether oxygens (including phenoxy) is 1. The largest absolute Gasteiger partial charge is 0.481 e. The highest BCUT2D eigenvalue weighted by molar-refractivity contribution is 6.00. The van der Waals surface area contributed by atoms with Gasteiger partial charge in [0.2, 0.25) is 11.5 Å². The van der Waals surface area contributed by atoms with E-state index < -0.39 is 23.4 Å². The number of carbonyl (C=O) groups excluding carboxylic acids is 2.